The number of nitrogens with zero attached hydrogens (tertiary/aromatic N) is 1. The largest absolute Gasteiger partial charge is 0.492 e. The van der Waals surface area contributed by atoms with E-state index in [1.807, 2.05) is 56.6 Å². The Labute approximate surface area is 148 Å². The number of amides is 1. The Hall–Kier alpha value is -2.75. The first-order chi connectivity index (χ1) is 12.1. The van der Waals surface area contributed by atoms with Crippen LogP contribution in [0.25, 0.3) is 10.9 Å². The van der Waals surface area contributed by atoms with Gasteiger partial charge in [0.15, 0.2) is 0 Å². The summed E-state index contributed by atoms with van der Waals surface area (Å²) < 4.78 is 5.72. The van der Waals surface area contributed by atoms with Crippen molar-refractivity contribution in [2.24, 2.45) is 0 Å². The van der Waals surface area contributed by atoms with Gasteiger partial charge in [0.2, 0.25) is 5.91 Å². The van der Waals surface area contributed by atoms with Crippen molar-refractivity contribution in [1.29, 1.82) is 0 Å². The van der Waals surface area contributed by atoms with Crippen LogP contribution in [0.4, 0.5) is 0 Å². The summed E-state index contributed by atoms with van der Waals surface area (Å²) in [7, 11) is 1.83. The lowest BCUT2D eigenvalue weighted by molar-refractivity contribution is -0.130. The van der Waals surface area contributed by atoms with Crippen LogP contribution in [0.5, 0.6) is 5.75 Å². The number of fused-ring (bicyclic) bond motifs is 1. The summed E-state index contributed by atoms with van der Waals surface area (Å²) in [4.78, 5) is 17.3. The first-order valence-electron chi connectivity index (χ1n) is 8.62. The van der Waals surface area contributed by atoms with E-state index in [-0.39, 0.29) is 5.91 Å². The molecule has 0 aliphatic carbocycles. The van der Waals surface area contributed by atoms with Gasteiger partial charge in [-0.25, -0.2) is 0 Å². The zero-order chi connectivity index (χ0) is 17.6. The van der Waals surface area contributed by atoms with Gasteiger partial charge in [0, 0.05) is 30.6 Å². The maximum atomic E-state index is 12.3. The molecule has 1 aromatic heterocycles. The summed E-state index contributed by atoms with van der Waals surface area (Å²) in [5.41, 5.74) is 3.47. The van der Waals surface area contributed by atoms with Crippen LogP contribution < -0.4 is 4.74 Å². The van der Waals surface area contributed by atoms with Crippen molar-refractivity contribution in [1.82, 2.24) is 9.88 Å². The predicted molar refractivity (Wildman–Crippen MR) is 101 cm³/mol. The van der Waals surface area contributed by atoms with Gasteiger partial charge in [-0.05, 0) is 42.7 Å². The third kappa shape index (κ3) is 4.41. The smallest absolute Gasteiger partial charge is 0.222 e. The molecule has 1 N–H and O–H groups in total. The third-order valence-corrected chi connectivity index (χ3v) is 4.39. The second-order valence-electron chi connectivity index (χ2n) is 6.34. The maximum Gasteiger partial charge on any atom is 0.222 e. The number of H-pyrrole nitrogens is 1. The van der Waals surface area contributed by atoms with Crippen molar-refractivity contribution in [3.05, 3.63) is 65.9 Å². The molecule has 0 bridgehead atoms. The lowest BCUT2D eigenvalue weighted by Gasteiger charge is -2.17. The van der Waals surface area contributed by atoms with Crippen LogP contribution in [0.15, 0.2) is 54.7 Å². The van der Waals surface area contributed by atoms with E-state index >= 15 is 0 Å². The standard InChI is InChI=1S/C21H24N2O2/c1-16-6-5-7-18(14-16)25-13-12-23(2)21(24)11-10-17-15-22-20-9-4-3-8-19(17)20/h3-9,14-15,22H,10-13H2,1-2H3. The number of aromatic nitrogens is 1. The molecule has 0 spiro atoms. The van der Waals surface area contributed by atoms with Crippen LogP contribution in [-0.4, -0.2) is 36.0 Å². The van der Waals surface area contributed by atoms with E-state index in [2.05, 4.69) is 17.1 Å². The molecule has 1 heterocycles. The molecule has 25 heavy (non-hydrogen) atoms. The van der Waals surface area contributed by atoms with E-state index in [1.165, 1.54) is 16.5 Å². The maximum absolute atomic E-state index is 12.3. The van der Waals surface area contributed by atoms with Crippen LogP contribution in [-0.2, 0) is 11.2 Å². The van der Waals surface area contributed by atoms with Gasteiger partial charge >= 0.3 is 0 Å². The molecule has 0 aliphatic heterocycles. The average Bonchev–Trinajstić information content (AvgIpc) is 3.03. The Bertz CT molecular complexity index is 854. The Balaban J connectivity index is 1.46. The number of para-hydroxylation sites is 1. The van der Waals surface area contributed by atoms with Crippen LogP contribution in [0, 0.1) is 6.92 Å². The second-order valence-corrected chi connectivity index (χ2v) is 6.34. The number of aryl methyl sites for hydroxylation is 2. The number of aromatic amines is 1. The Morgan fingerprint density at radius 2 is 2.00 bits per heavy atom. The summed E-state index contributed by atoms with van der Waals surface area (Å²) in [6.45, 7) is 3.12. The minimum absolute atomic E-state index is 0.137. The number of hydrogen-bond donors (Lipinski definition) is 1. The predicted octanol–water partition coefficient (Wildman–Crippen LogP) is 3.95. The molecule has 4 nitrogen and oxygen atoms in total. The molecule has 3 rings (SSSR count). The van der Waals surface area contributed by atoms with Gasteiger partial charge in [-0.2, -0.15) is 0 Å². The molecule has 0 unspecified atom stereocenters. The van der Waals surface area contributed by atoms with Gasteiger partial charge in [0.05, 0.1) is 6.54 Å². The van der Waals surface area contributed by atoms with Gasteiger partial charge in [0.25, 0.3) is 0 Å². The number of benzene rings is 2. The lowest BCUT2D eigenvalue weighted by atomic mass is 10.1. The topological polar surface area (TPSA) is 45.3 Å². The summed E-state index contributed by atoms with van der Waals surface area (Å²) in [5.74, 6) is 0.984. The fraction of sp³-hybridized carbons (Fsp3) is 0.286. The highest BCUT2D eigenvalue weighted by atomic mass is 16.5. The number of likely N-dealkylation sites (N-methyl/N-ethyl adjacent to an activating group) is 1. The Kier molecular flexibility index (Phi) is 5.39. The minimum atomic E-state index is 0.137. The zero-order valence-electron chi connectivity index (χ0n) is 14.8. The molecular weight excluding hydrogens is 312 g/mol. The molecule has 4 heteroatoms. The minimum Gasteiger partial charge on any atom is -0.492 e. The van der Waals surface area contributed by atoms with Gasteiger partial charge in [-0.15, -0.1) is 0 Å². The number of hydrogen-bond acceptors (Lipinski definition) is 2. The zero-order valence-corrected chi connectivity index (χ0v) is 14.8. The molecule has 0 saturated heterocycles. The summed E-state index contributed by atoms with van der Waals surface area (Å²) in [5, 5.41) is 1.20. The number of ether oxygens (including phenoxy) is 1. The highest BCUT2D eigenvalue weighted by molar-refractivity contribution is 5.84. The van der Waals surface area contributed by atoms with E-state index in [4.69, 9.17) is 4.74 Å². The van der Waals surface area contributed by atoms with Gasteiger partial charge < -0.3 is 14.6 Å². The molecule has 0 saturated carbocycles. The SMILES string of the molecule is Cc1cccc(OCCN(C)C(=O)CCc2c[nH]c3ccccc23)c1. The van der Waals surface area contributed by atoms with E-state index in [0.717, 1.165) is 17.7 Å². The molecule has 0 atom stereocenters. The van der Waals surface area contributed by atoms with Crippen molar-refractivity contribution >= 4 is 16.8 Å². The summed E-state index contributed by atoms with van der Waals surface area (Å²) in [6.07, 6.45) is 3.24. The molecule has 0 fully saturated rings. The number of carbonyl (C=O) groups is 1. The molecular formula is C21H24N2O2. The monoisotopic (exact) mass is 336 g/mol. The molecule has 3 aromatic rings. The molecule has 0 radical (unpaired) electrons. The van der Waals surface area contributed by atoms with Crippen LogP contribution in [0.2, 0.25) is 0 Å². The quantitative estimate of drug-likeness (QED) is 0.710. The fourth-order valence-corrected chi connectivity index (χ4v) is 2.90. The van der Waals surface area contributed by atoms with Crippen molar-refractivity contribution in [3.63, 3.8) is 0 Å². The number of nitrogens with one attached hydrogen (secondary N) is 1. The van der Waals surface area contributed by atoms with Crippen LogP contribution in [0.3, 0.4) is 0 Å². The van der Waals surface area contributed by atoms with Crippen LogP contribution in [0.1, 0.15) is 17.5 Å². The van der Waals surface area contributed by atoms with E-state index in [0.29, 0.717) is 19.6 Å². The highest BCUT2D eigenvalue weighted by Crippen LogP contribution is 2.19. The van der Waals surface area contributed by atoms with E-state index in [1.54, 1.807) is 4.90 Å². The first-order valence-corrected chi connectivity index (χ1v) is 8.62. The lowest BCUT2D eigenvalue weighted by Crippen LogP contribution is -2.31. The van der Waals surface area contributed by atoms with Gasteiger partial charge in [-0.3, -0.25) is 4.79 Å². The summed E-state index contributed by atoms with van der Waals surface area (Å²) >= 11 is 0. The fourth-order valence-electron chi connectivity index (χ4n) is 2.90. The number of rotatable bonds is 7. The van der Waals surface area contributed by atoms with Crippen molar-refractivity contribution in [2.75, 3.05) is 20.2 Å². The van der Waals surface area contributed by atoms with Crippen molar-refractivity contribution < 1.29 is 9.53 Å². The van der Waals surface area contributed by atoms with Crippen molar-refractivity contribution in [3.8, 4) is 5.75 Å². The van der Waals surface area contributed by atoms with E-state index in [9.17, 15) is 4.79 Å². The summed E-state index contributed by atoms with van der Waals surface area (Å²) in [6, 6.07) is 16.1. The molecule has 0 aliphatic rings. The average molecular weight is 336 g/mol. The Morgan fingerprint density at radius 1 is 1.16 bits per heavy atom. The molecule has 1 amide bonds. The highest BCUT2D eigenvalue weighted by Gasteiger charge is 2.11. The molecule has 2 aromatic carbocycles. The second kappa shape index (κ2) is 7.88. The molecule has 130 valence electrons. The third-order valence-electron chi connectivity index (χ3n) is 4.39. The van der Waals surface area contributed by atoms with Gasteiger partial charge in [-0.1, -0.05) is 30.3 Å². The van der Waals surface area contributed by atoms with Crippen molar-refractivity contribution in [2.45, 2.75) is 19.8 Å². The Morgan fingerprint density at radius 3 is 2.84 bits per heavy atom. The normalized spacial score (nSPS) is 10.8. The number of carbonyl (C=O) groups excluding carboxylic acids is 1. The van der Waals surface area contributed by atoms with E-state index < -0.39 is 0 Å². The first kappa shape index (κ1) is 17.1. The van der Waals surface area contributed by atoms with Gasteiger partial charge in [0.1, 0.15) is 12.4 Å². The van der Waals surface area contributed by atoms with Crippen LogP contribution >= 0.6 is 0 Å².